The Kier molecular flexibility index (Phi) is 4.61. The maximum atomic E-state index is 12.3. The Bertz CT molecular complexity index is 379. The summed E-state index contributed by atoms with van der Waals surface area (Å²) in [7, 11) is -1.35. The first-order valence-corrected chi connectivity index (χ1v) is 9.38. The summed E-state index contributed by atoms with van der Waals surface area (Å²) in [5.74, 6) is 0. The third-order valence-electron chi connectivity index (χ3n) is 2.78. The largest absolute Gasteiger partial charge is 0.414 e. The van der Waals surface area contributed by atoms with Gasteiger partial charge in [-0.2, -0.15) is 13.2 Å². The van der Waals surface area contributed by atoms with Crippen molar-refractivity contribution in [2.24, 2.45) is 0 Å². The summed E-state index contributed by atoms with van der Waals surface area (Å²) in [6.07, 6.45) is -6.02. The molecule has 0 saturated carbocycles. The molecule has 18 heavy (non-hydrogen) atoms. The highest BCUT2D eigenvalue weighted by atomic mass is 28.3. The molecule has 1 aromatic carbocycles. The van der Waals surface area contributed by atoms with Crippen molar-refractivity contribution in [1.82, 2.24) is 0 Å². The highest BCUT2D eigenvalue weighted by Gasteiger charge is 2.36. The minimum Gasteiger partial charge on any atom is -0.364 e. The first-order chi connectivity index (χ1) is 8.10. The summed E-state index contributed by atoms with van der Waals surface area (Å²) >= 11 is 0. The zero-order valence-electron chi connectivity index (χ0n) is 11.1. The molecule has 0 bridgehead atoms. The average Bonchev–Trinajstić information content (AvgIpc) is 2.24. The molecule has 0 spiro atoms. The van der Waals surface area contributed by atoms with Crippen molar-refractivity contribution in [2.75, 3.05) is 0 Å². The van der Waals surface area contributed by atoms with Crippen LogP contribution in [-0.4, -0.2) is 20.4 Å². The van der Waals surface area contributed by atoms with E-state index in [1.54, 1.807) is 0 Å². The molecular weight excluding hydrogens is 257 g/mol. The zero-order valence-corrected chi connectivity index (χ0v) is 12.1. The topological polar surface area (TPSA) is 9.23 Å². The van der Waals surface area contributed by atoms with Crippen LogP contribution in [0.15, 0.2) is 24.3 Å². The lowest BCUT2D eigenvalue weighted by atomic mass is 10.2. The minimum atomic E-state index is -4.29. The summed E-state index contributed by atoms with van der Waals surface area (Å²) in [4.78, 5) is 0. The molecule has 1 rings (SSSR count). The first kappa shape index (κ1) is 15.2. The van der Waals surface area contributed by atoms with Gasteiger partial charge in [-0.25, -0.2) is 0 Å². The zero-order chi connectivity index (χ0) is 14.0. The molecular formula is C13H19F3OSi. The van der Waals surface area contributed by atoms with E-state index < -0.39 is 20.4 Å². The van der Waals surface area contributed by atoms with Crippen LogP contribution in [0.2, 0.25) is 19.6 Å². The van der Waals surface area contributed by atoms with Gasteiger partial charge in [0.2, 0.25) is 0 Å². The van der Waals surface area contributed by atoms with E-state index in [1.807, 2.05) is 24.3 Å². The van der Waals surface area contributed by atoms with Gasteiger partial charge in [-0.05, 0) is 12.5 Å². The van der Waals surface area contributed by atoms with Crippen molar-refractivity contribution in [3.8, 4) is 0 Å². The molecule has 0 aliphatic heterocycles. The Hall–Kier alpha value is -0.813. The van der Waals surface area contributed by atoms with Crippen molar-refractivity contribution in [1.29, 1.82) is 0 Å². The number of rotatable bonds is 4. The van der Waals surface area contributed by atoms with E-state index in [9.17, 15) is 13.2 Å². The van der Waals surface area contributed by atoms with Gasteiger partial charge in [-0.15, -0.1) is 0 Å². The van der Waals surface area contributed by atoms with E-state index in [1.165, 1.54) is 5.19 Å². The molecule has 1 atom stereocenters. The maximum absolute atomic E-state index is 12.3. The number of hydrogen-bond acceptors (Lipinski definition) is 1. The van der Waals surface area contributed by atoms with Crippen LogP contribution in [0.25, 0.3) is 0 Å². The second kappa shape index (κ2) is 5.44. The average molecular weight is 276 g/mol. The molecule has 0 saturated heterocycles. The number of alkyl halides is 3. The number of hydrogen-bond donors (Lipinski definition) is 0. The van der Waals surface area contributed by atoms with E-state index in [0.29, 0.717) is 0 Å². The van der Waals surface area contributed by atoms with Crippen LogP contribution in [0.5, 0.6) is 0 Å². The van der Waals surface area contributed by atoms with Gasteiger partial charge in [-0.3, -0.25) is 0 Å². The van der Waals surface area contributed by atoms with Gasteiger partial charge in [0.1, 0.15) is 0 Å². The number of halogens is 3. The second-order valence-corrected chi connectivity index (χ2v) is 10.5. The predicted molar refractivity (Wildman–Crippen MR) is 69.7 cm³/mol. The molecule has 102 valence electrons. The van der Waals surface area contributed by atoms with Gasteiger partial charge < -0.3 is 4.74 Å². The number of ether oxygens (including phenoxy) is 1. The van der Waals surface area contributed by atoms with Gasteiger partial charge in [0.05, 0.1) is 14.7 Å². The van der Waals surface area contributed by atoms with Gasteiger partial charge in [-0.1, -0.05) is 49.1 Å². The van der Waals surface area contributed by atoms with Gasteiger partial charge in [0.25, 0.3) is 0 Å². The Morgan fingerprint density at radius 3 is 2.00 bits per heavy atom. The van der Waals surface area contributed by atoms with E-state index in [4.69, 9.17) is 4.74 Å². The third-order valence-corrected chi connectivity index (χ3v) is 4.85. The van der Waals surface area contributed by atoms with Crippen LogP contribution in [0, 0.1) is 0 Å². The summed E-state index contributed by atoms with van der Waals surface area (Å²) < 4.78 is 41.6. The quantitative estimate of drug-likeness (QED) is 0.762. The van der Waals surface area contributed by atoms with E-state index in [2.05, 4.69) is 19.6 Å². The molecule has 0 N–H and O–H groups in total. The first-order valence-electron chi connectivity index (χ1n) is 5.88. The third kappa shape index (κ3) is 4.46. The van der Waals surface area contributed by atoms with Crippen LogP contribution >= 0.6 is 0 Å². The van der Waals surface area contributed by atoms with Crippen molar-refractivity contribution in [2.45, 2.75) is 45.5 Å². The highest BCUT2D eigenvalue weighted by Crippen LogP contribution is 2.23. The minimum absolute atomic E-state index is 0.00729. The monoisotopic (exact) mass is 276 g/mol. The van der Waals surface area contributed by atoms with Crippen molar-refractivity contribution < 1.29 is 17.9 Å². The molecule has 5 heteroatoms. The SMILES string of the molecule is CC(OCc1ccc([Si](C)(C)C)cc1)C(F)(F)F. The molecule has 0 amide bonds. The lowest BCUT2D eigenvalue weighted by Gasteiger charge is -2.18. The van der Waals surface area contributed by atoms with Gasteiger partial charge >= 0.3 is 6.18 Å². The summed E-state index contributed by atoms with van der Waals surface area (Å²) in [6.45, 7) is 7.70. The summed E-state index contributed by atoms with van der Waals surface area (Å²) in [5, 5.41) is 1.29. The number of benzene rings is 1. The lowest BCUT2D eigenvalue weighted by molar-refractivity contribution is -0.217. The molecule has 0 radical (unpaired) electrons. The molecule has 1 nitrogen and oxygen atoms in total. The van der Waals surface area contributed by atoms with Gasteiger partial charge in [0.15, 0.2) is 6.10 Å². The van der Waals surface area contributed by atoms with Crippen LogP contribution in [0.3, 0.4) is 0 Å². The molecule has 0 fully saturated rings. The van der Waals surface area contributed by atoms with Crippen molar-refractivity contribution in [3.63, 3.8) is 0 Å². The maximum Gasteiger partial charge on any atom is 0.414 e. The fraction of sp³-hybridized carbons (Fsp3) is 0.538. The Balaban J connectivity index is 2.60. The Morgan fingerprint density at radius 1 is 1.11 bits per heavy atom. The van der Waals surface area contributed by atoms with Crippen LogP contribution in [0.1, 0.15) is 12.5 Å². The van der Waals surface area contributed by atoms with Crippen molar-refractivity contribution in [3.05, 3.63) is 29.8 Å². The normalized spacial score (nSPS) is 14.6. The fourth-order valence-corrected chi connectivity index (χ4v) is 2.58. The Labute approximate surface area is 107 Å². The van der Waals surface area contributed by atoms with E-state index >= 15 is 0 Å². The van der Waals surface area contributed by atoms with Crippen LogP contribution in [-0.2, 0) is 11.3 Å². The molecule has 0 heterocycles. The second-order valence-electron chi connectivity index (χ2n) is 5.44. The Morgan fingerprint density at radius 2 is 1.61 bits per heavy atom. The molecule has 1 aromatic rings. The smallest absolute Gasteiger partial charge is 0.364 e. The van der Waals surface area contributed by atoms with Crippen LogP contribution < -0.4 is 5.19 Å². The molecule has 0 aliphatic rings. The lowest BCUT2D eigenvalue weighted by Crippen LogP contribution is -2.37. The van der Waals surface area contributed by atoms with Crippen LogP contribution in [0.4, 0.5) is 13.2 Å². The van der Waals surface area contributed by atoms with E-state index in [0.717, 1.165) is 12.5 Å². The van der Waals surface area contributed by atoms with Crippen molar-refractivity contribution >= 4 is 13.3 Å². The predicted octanol–water partition coefficient (Wildman–Crippen LogP) is 3.70. The fourth-order valence-electron chi connectivity index (χ4n) is 1.42. The highest BCUT2D eigenvalue weighted by molar-refractivity contribution is 6.88. The summed E-state index contributed by atoms with van der Waals surface area (Å²) in [6, 6.07) is 7.67. The standard InChI is InChI=1S/C13H19F3OSi/c1-10(13(14,15)16)17-9-11-5-7-12(8-6-11)18(2,3)4/h5-8,10H,9H2,1-4H3. The van der Waals surface area contributed by atoms with Gasteiger partial charge in [0, 0.05) is 0 Å². The molecule has 0 aliphatic carbocycles. The van der Waals surface area contributed by atoms with E-state index in [-0.39, 0.29) is 6.61 Å². The summed E-state index contributed by atoms with van der Waals surface area (Å²) in [5.41, 5.74) is 0.771. The molecule has 0 aromatic heterocycles. The molecule has 1 unspecified atom stereocenters.